The van der Waals surface area contributed by atoms with E-state index in [1.54, 1.807) is 0 Å². The first-order valence-corrected chi connectivity index (χ1v) is 9.84. The van der Waals surface area contributed by atoms with E-state index >= 15 is 0 Å². The molecule has 0 atom stereocenters. The lowest BCUT2D eigenvalue weighted by molar-refractivity contribution is 0.0353. The molecule has 2 heteroatoms. The average molecular weight is 335 g/mol. The molecule has 2 aromatic rings. The molecule has 0 bridgehead atoms. The zero-order chi connectivity index (χ0) is 17.2. The number of likely N-dealkylation sites (tertiary alicyclic amines) is 1. The van der Waals surface area contributed by atoms with Gasteiger partial charge in [-0.1, -0.05) is 60.7 Å². The van der Waals surface area contributed by atoms with E-state index in [0.717, 1.165) is 0 Å². The lowest BCUT2D eigenvalue weighted by Crippen LogP contribution is -2.53. The maximum atomic E-state index is 3.70. The Bertz CT molecular complexity index is 666. The molecule has 0 radical (unpaired) electrons. The smallest absolute Gasteiger partial charge is 0.0462 e. The lowest BCUT2D eigenvalue weighted by atomic mass is 9.66. The summed E-state index contributed by atoms with van der Waals surface area (Å²) >= 11 is 0. The van der Waals surface area contributed by atoms with Crippen molar-refractivity contribution in [3.05, 3.63) is 71.8 Å². The molecule has 1 saturated heterocycles. The molecule has 0 aromatic heterocycles. The maximum absolute atomic E-state index is 3.70. The van der Waals surface area contributed by atoms with E-state index in [1.165, 1.54) is 62.7 Å². The van der Waals surface area contributed by atoms with Crippen molar-refractivity contribution in [2.24, 2.45) is 0 Å². The summed E-state index contributed by atoms with van der Waals surface area (Å²) in [5.41, 5.74) is 3.32. The number of benzene rings is 2. The summed E-state index contributed by atoms with van der Waals surface area (Å²) < 4.78 is 0. The van der Waals surface area contributed by atoms with Crippen LogP contribution in [0.25, 0.3) is 0 Å². The molecule has 1 N–H and O–H groups in total. The molecule has 2 nitrogen and oxygen atoms in total. The van der Waals surface area contributed by atoms with Crippen LogP contribution in [0.15, 0.2) is 60.7 Å². The van der Waals surface area contributed by atoms with Crippen LogP contribution in [0.4, 0.5) is 0 Å². The van der Waals surface area contributed by atoms with Crippen molar-refractivity contribution < 1.29 is 0 Å². The molecule has 0 unspecified atom stereocenters. The summed E-state index contributed by atoms with van der Waals surface area (Å²) in [6, 6.07) is 22.3. The van der Waals surface area contributed by atoms with Gasteiger partial charge in [0.05, 0.1) is 0 Å². The van der Waals surface area contributed by atoms with Gasteiger partial charge in [0.25, 0.3) is 0 Å². The highest BCUT2D eigenvalue weighted by atomic mass is 15.2. The molecule has 25 heavy (non-hydrogen) atoms. The van der Waals surface area contributed by atoms with E-state index in [-0.39, 0.29) is 11.1 Å². The van der Waals surface area contributed by atoms with Gasteiger partial charge in [-0.2, -0.15) is 0 Å². The Morgan fingerprint density at radius 1 is 0.720 bits per heavy atom. The zero-order valence-electron chi connectivity index (χ0n) is 15.4. The molecular weight excluding hydrogens is 304 g/mol. The summed E-state index contributed by atoms with van der Waals surface area (Å²) in [5, 5.41) is 3.70. The summed E-state index contributed by atoms with van der Waals surface area (Å²) in [7, 11) is 2.14. The molecular formula is C23H30N2. The number of hydrogen-bond acceptors (Lipinski definition) is 2. The average Bonchev–Trinajstić information content (AvgIpc) is 3.25. The van der Waals surface area contributed by atoms with Crippen molar-refractivity contribution in [3.8, 4) is 0 Å². The molecule has 0 spiro atoms. The fourth-order valence-electron chi connectivity index (χ4n) is 5.21. The first-order valence-electron chi connectivity index (χ1n) is 9.84. The maximum Gasteiger partial charge on any atom is 0.0462 e. The minimum atomic E-state index is 0.124. The number of hydrogen-bond donors (Lipinski definition) is 1. The molecule has 4 rings (SSSR count). The van der Waals surface area contributed by atoms with E-state index in [1.807, 2.05) is 0 Å². The fraction of sp³-hybridized carbons (Fsp3) is 0.478. The van der Waals surface area contributed by atoms with Crippen LogP contribution in [0.2, 0.25) is 0 Å². The van der Waals surface area contributed by atoms with Crippen LogP contribution in [0, 0.1) is 0 Å². The zero-order valence-corrected chi connectivity index (χ0v) is 15.4. The number of nitrogens with one attached hydrogen (secondary N) is 1. The predicted molar refractivity (Wildman–Crippen MR) is 105 cm³/mol. The van der Waals surface area contributed by atoms with Crippen molar-refractivity contribution in [1.82, 2.24) is 10.2 Å². The Hall–Kier alpha value is -1.64. The molecule has 1 aliphatic heterocycles. The Kier molecular flexibility index (Phi) is 4.66. The van der Waals surface area contributed by atoms with Crippen LogP contribution < -0.4 is 5.32 Å². The number of rotatable bonds is 4. The van der Waals surface area contributed by atoms with E-state index in [2.05, 4.69) is 77.9 Å². The third kappa shape index (κ3) is 2.92. The fourth-order valence-corrected chi connectivity index (χ4v) is 5.21. The summed E-state index contributed by atoms with van der Waals surface area (Å²) in [5.74, 6) is 0. The third-order valence-electron chi connectivity index (χ3n) is 6.76. The number of nitrogens with zero attached hydrogens (tertiary/aromatic N) is 1. The van der Waals surface area contributed by atoms with Gasteiger partial charge in [-0.25, -0.2) is 0 Å². The van der Waals surface area contributed by atoms with Gasteiger partial charge in [-0.3, -0.25) is 4.90 Å². The molecule has 0 amide bonds. The van der Waals surface area contributed by atoms with Gasteiger partial charge in [0.1, 0.15) is 0 Å². The van der Waals surface area contributed by atoms with Gasteiger partial charge in [0, 0.05) is 11.1 Å². The third-order valence-corrected chi connectivity index (χ3v) is 6.76. The molecule has 1 aliphatic carbocycles. The molecule has 2 aliphatic rings. The highest BCUT2D eigenvalue weighted by molar-refractivity contribution is 5.30. The Morgan fingerprint density at radius 2 is 1.24 bits per heavy atom. The van der Waals surface area contributed by atoms with E-state index < -0.39 is 0 Å². The van der Waals surface area contributed by atoms with Crippen molar-refractivity contribution in [2.75, 3.05) is 20.1 Å². The van der Waals surface area contributed by atoms with E-state index in [9.17, 15) is 0 Å². The van der Waals surface area contributed by atoms with Gasteiger partial charge >= 0.3 is 0 Å². The van der Waals surface area contributed by atoms with Crippen molar-refractivity contribution in [1.29, 1.82) is 0 Å². The topological polar surface area (TPSA) is 15.3 Å². The van der Waals surface area contributed by atoms with E-state index in [4.69, 9.17) is 0 Å². The monoisotopic (exact) mass is 334 g/mol. The van der Waals surface area contributed by atoms with E-state index in [0.29, 0.717) is 0 Å². The summed E-state index contributed by atoms with van der Waals surface area (Å²) in [6.07, 6.45) is 7.55. The standard InChI is InChI=1S/C23H30N2/c1-24-22(20-10-4-2-5-11-20)14-16-23(17-15-22,25-18-8-9-19-25)21-12-6-3-7-13-21/h2-7,10-13,24H,8-9,14-19H2,1H3. The van der Waals surface area contributed by atoms with Crippen LogP contribution in [0.3, 0.4) is 0 Å². The van der Waals surface area contributed by atoms with Gasteiger partial charge < -0.3 is 5.32 Å². The molecule has 1 heterocycles. The highest BCUT2D eigenvalue weighted by Crippen LogP contribution is 2.49. The second kappa shape index (κ2) is 6.93. The van der Waals surface area contributed by atoms with Crippen LogP contribution >= 0.6 is 0 Å². The van der Waals surface area contributed by atoms with Gasteiger partial charge in [-0.15, -0.1) is 0 Å². The molecule has 132 valence electrons. The van der Waals surface area contributed by atoms with Crippen LogP contribution in [-0.2, 0) is 11.1 Å². The minimum absolute atomic E-state index is 0.124. The van der Waals surface area contributed by atoms with Crippen LogP contribution in [0.1, 0.15) is 49.7 Å². The summed E-state index contributed by atoms with van der Waals surface area (Å²) in [6.45, 7) is 2.51. The van der Waals surface area contributed by atoms with Crippen molar-refractivity contribution in [3.63, 3.8) is 0 Å². The first-order chi connectivity index (χ1) is 12.3. The highest BCUT2D eigenvalue weighted by Gasteiger charge is 2.47. The Morgan fingerprint density at radius 3 is 1.76 bits per heavy atom. The SMILES string of the molecule is CNC1(c2ccccc2)CCC(c2ccccc2)(N2CCCC2)CC1. The lowest BCUT2D eigenvalue weighted by Gasteiger charge is -2.51. The van der Waals surface area contributed by atoms with Crippen LogP contribution in [0.5, 0.6) is 0 Å². The van der Waals surface area contributed by atoms with Crippen molar-refractivity contribution in [2.45, 2.75) is 49.6 Å². The van der Waals surface area contributed by atoms with Gasteiger partial charge in [0.15, 0.2) is 0 Å². The predicted octanol–water partition coefficient (Wildman–Crippen LogP) is 4.67. The van der Waals surface area contributed by atoms with Gasteiger partial charge in [0.2, 0.25) is 0 Å². The molecule has 2 aromatic carbocycles. The largest absolute Gasteiger partial charge is 0.310 e. The second-order valence-electron chi connectivity index (χ2n) is 7.79. The summed E-state index contributed by atoms with van der Waals surface area (Å²) in [4.78, 5) is 2.78. The molecule has 2 fully saturated rings. The first kappa shape index (κ1) is 16.8. The Balaban J connectivity index is 1.66. The minimum Gasteiger partial charge on any atom is -0.310 e. The van der Waals surface area contributed by atoms with Crippen LogP contribution in [-0.4, -0.2) is 25.0 Å². The molecule has 1 saturated carbocycles. The quantitative estimate of drug-likeness (QED) is 0.874. The Labute approximate surface area is 152 Å². The van der Waals surface area contributed by atoms with Crippen molar-refractivity contribution >= 4 is 0 Å². The van der Waals surface area contributed by atoms with Gasteiger partial charge in [-0.05, 0) is 69.8 Å². The normalized spacial score (nSPS) is 30.4. The second-order valence-corrected chi connectivity index (χ2v) is 7.79.